The molecule has 0 radical (unpaired) electrons. The zero-order chi connectivity index (χ0) is 21.6. The molecule has 1 N–H and O–H groups in total. The van der Waals surface area contributed by atoms with Crippen LogP contribution in [0.15, 0.2) is 60.7 Å². The van der Waals surface area contributed by atoms with E-state index in [4.69, 9.17) is 0 Å². The van der Waals surface area contributed by atoms with Crippen LogP contribution in [0.4, 0.5) is 0 Å². The number of carbonyl (C=O) groups excluding carboxylic acids is 2. The molecule has 1 saturated heterocycles. The van der Waals surface area contributed by atoms with Crippen LogP contribution in [0, 0.1) is 5.92 Å². The highest BCUT2D eigenvalue weighted by Crippen LogP contribution is 2.29. The number of rotatable bonds is 4. The van der Waals surface area contributed by atoms with Gasteiger partial charge in [-0.3, -0.25) is 14.5 Å². The maximum Gasteiger partial charge on any atom is 0.311 e. The number of piperazine rings is 1. The van der Waals surface area contributed by atoms with Crippen LogP contribution in [0.25, 0.3) is 0 Å². The number of amides is 2. The zero-order valence-corrected chi connectivity index (χ0v) is 18.4. The second kappa shape index (κ2) is 10.1. The van der Waals surface area contributed by atoms with Crippen LogP contribution in [0.3, 0.4) is 0 Å². The Bertz CT molecular complexity index is 823. The molecule has 5 nitrogen and oxygen atoms in total. The lowest BCUT2D eigenvalue weighted by Gasteiger charge is -2.39. The Kier molecular flexibility index (Phi) is 7.03. The molecule has 1 aliphatic carbocycles. The summed E-state index contributed by atoms with van der Waals surface area (Å²) in [7, 11) is 0. The molecule has 2 fully saturated rings. The van der Waals surface area contributed by atoms with Crippen molar-refractivity contribution in [1.29, 1.82) is 0 Å². The predicted octanol–water partition coefficient (Wildman–Crippen LogP) is 3.62. The fourth-order valence-electron chi connectivity index (χ4n) is 4.97. The number of nitrogens with one attached hydrogen (secondary N) is 1. The normalized spacial score (nSPS) is 22.3. The molecule has 2 aromatic rings. The van der Waals surface area contributed by atoms with E-state index in [1.165, 1.54) is 17.5 Å². The molecule has 2 atom stereocenters. The predicted molar refractivity (Wildman–Crippen MR) is 122 cm³/mol. The molecule has 1 aliphatic heterocycles. The van der Waals surface area contributed by atoms with Crippen LogP contribution in [0.2, 0.25) is 0 Å². The Hall–Kier alpha value is -2.66. The standard InChI is InChI=1S/C26H33N3O2/c1-20-10-8-9-15-23(20)27-25(30)26(31)29-18-16-28(17-19-29)24(21-11-4-2-5-12-21)22-13-6-3-7-14-22/h2-7,11-14,20,23-24H,8-10,15-19H2,1H3,(H,27,30). The molecule has 31 heavy (non-hydrogen) atoms. The van der Waals surface area contributed by atoms with Gasteiger partial charge in [0.05, 0.1) is 6.04 Å². The summed E-state index contributed by atoms with van der Waals surface area (Å²) in [4.78, 5) is 29.5. The fraction of sp³-hybridized carbons (Fsp3) is 0.462. The lowest BCUT2D eigenvalue weighted by molar-refractivity contribution is -0.147. The van der Waals surface area contributed by atoms with Gasteiger partial charge in [0.15, 0.2) is 0 Å². The van der Waals surface area contributed by atoms with Gasteiger partial charge in [-0.2, -0.15) is 0 Å². The summed E-state index contributed by atoms with van der Waals surface area (Å²) < 4.78 is 0. The topological polar surface area (TPSA) is 52.7 Å². The summed E-state index contributed by atoms with van der Waals surface area (Å²) >= 11 is 0. The highest BCUT2D eigenvalue weighted by Gasteiger charge is 2.32. The highest BCUT2D eigenvalue weighted by atomic mass is 16.2. The maximum atomic E-state index is 12.8. The van der Waals surface area contributed by atoms with Crippen molar-refractivity contribution in [1.82, 2.24) is 15.1 Å². The van der Waals surface area contributed by atoms with Gasteiger partial charge in [-0.15, -0.1) is 0 Å². The van der Waals surface area contributed by atoms with E-state index in [2.05, 4.69) is 65.7 Å². The quantitative estimate of drug-likeness (QED) is 0.771. The summed E-state index contributed by atoms with van der Waals surface area (Å²) in [5.41, 5.74) is 2.50. The van der Waals surface area contributed by atoms with Crippen molar-refractivity contribution in [3.8, 4) is 0 Å². The van der Waals surface area contributed by atoms with Gasteiger partial charge in [-0.25, -0.2) is 0 Å². The number of hydrogen-bond acceptors (Lipinski definition) is 3. The molecular weight excluding hydrogens is 386 g/mol. The Morgan fingerprint density at radius 2 is 1.39 bits per heavy atom. The summed E-state index contributed by atoms with van der Waals surface area (Å²) in [6, 6.07) is 21.3. The van der Waals surface area contributed by atoms with E-state index in [9.17, 15) is 9.59 Å². The van der Waals surface area contributed by atoms with Gasteiger partial charge in [0.1, 0.15) is 0 Å². The van der Waals surface area contributed by atoms with E-state index in [1.807, 2.05) is 12.1 Å². The first-order valence-corrected chi connectivity index (χ1v) is 11.6. The van der Waals surface area contributed by atoms with Gasteiger partial charge in [0.25, 0.3) is 0 Å². The molecule has 2 aliphatic rings. The number of benzene rings is 2. The van der Waals surface area contributed by atoms with E-state index in [0.29, 0.717) is 19.0 Å². The monoisotopic (exact) mass is 419 g/mol. The van der Waals surface area contributed by atoms with Gasteiger partial charge in [0.2, 0.25) is 0 Å². The van der Waals surface area contributed by atoms with Crippen LogP contribution in [-0.2, 0) is 9.59 Å². The lowest BCUT2D eigenvalue weighted by atomic mass is 9.86. The third-order valence-electron chi connectivity index (χ3n) is 6.82. The fourth-order valence-corrected chi connectivity index (χ4v) is 4.97. The Balaban J connectivity index is 1.39. The molecular formula is C26H33N3O2. The molecule has 4 rings (SSSR count). The molecule has 0 bridgehead atoms. The maximum absolute atomic E-state index is 12.8. The smallest absolute Gasteiger partial charge is 0.311 e. The van der Waals surface area contributed by atoms with Gasteiger partial charge in [-0.1, -0.05) is 80.4 Å². The second-order valence-electron chi connectivity index (χ2n) is 8.89. The SMILES string of the molecule is CC1CCCCC1NC(=O)C(=O)N1CCN(C(c2ccccc2)c2ccccc2)CC1. The van der Waals surface area contributed by atoms with Crippen molar-refractivity contribution in [2.75, 3.05) is 26.2 Å². The third kappa shape index (κ3) is 5.16. The Labute approximate surface area is 185 Å². The first-order valence-electron chi connectivity index (χ1n) is 11.6. The van der Waals surface area contributed by atoms with Crippen LogP contribution < -0.4 is 5.32 Å². The third-order valence-corrected chi connectivity index (χ3v) is 6.82. The molecule has 2 unspecified atom stereocenters. The molecule has 0 aromatic heterocycles. The number of nitrogens with zero attached hydrogens (tertiary/aromatic N) is 2. The first kappa shape index (κ1) is 21.6. The average Bonchev–Trinajstić information content (AvgIpc) is 2.82. The lowest BCUT2D eigenvalue weighted by Crippen LogP contribution is -2.55. The highest BCUT2D eigenvalue weighted by molar-refractivity contribution is 6.35. The van der Waals surface area contributed by atoms with Gasteiger partial charge >= 0.3 is 11.8 Å². The minimum atomic E-state index is -0.435. The van der Waals surface area contributed by atoms with E-state index in [1.54, 1.807) is 4.90 Å². The van der Waals surface area contributed by atoms with E-state index in [-0.39, 0.29) is 18.0 Å². The summed E-state index contributed by atoms with van der Waals surface area (Å²) in [5.74, 6) is -0.372. The van der Waals surface area contributed by atoms with Crippen molar-refractivity contribution in [2.24, 2.45) is 5.92 Å². The van der Waals surface area contributed by atoms with E-state index in [0.717, 1.165) is 32.4 Å². The van der Waals surface area contributed by atoms with Crippen LogP contribution >= 0.6 is 0 Å². The van der Waals surface area contributed by atoms with Crippen molar-refractivity contribution >= 4 is 11.8 Å². The van der Waals surface area contributed by atoms with Gasteiger partial charge < -0.3 is 10.2 Å². The van der Waals surface area contributed by atoms with Gasteiger partial charge in [-0.05, 0) is 29.9 Å². The van der Waals surface area contributed by atoms with Gasteiger partial charge in [0, 0.05) is 32.2 Å². The number of carbonyl (C=O) groups is 2. The van der Waals surface area contributed by atoms with Crippen LogP contribution in [-0.4, -0.2) is 53.8 Å². The Morgan fingerprint density at radius 3 is 1.94 bits per heavy atom. The summed E-state index contributed by atoms with van der Waals surface area (Å²) in [6.45, 7) is 4.80. The zero-order valence-electron chi connectivity index (χ0n) is 18.4. The Morgan fingerprint density at radius 1 is 0.839 bits per heavy atom. The largest absolute Gasteiger partial charge is 0.345 e. The first-order chi connectivity index (χ1) is 15.1. The van der Waals surface area contributed by atoms with Crippen LogP contribution in [0.1, 0.15) is 49.8 Å². The van der Waals surface area contributed by atoms with Crippen molar-refractivity contribution < 1.29 is 9.59 Å². The van der Waals surface area contributed by atoms with Crippen molar-refractivity contribution in [2.45, 2.75) is 44.7 Å². The molecule has 2 aromatic carbocycles. The molecule has 2 amide bonds. The molecule has 1 heterocycles. The van der Waals surface area contributed by atoms with E-state index >= 15 is 0 Å². The molecule has 5 heteroatoms. The number of hydrogen-bond donors (Lipinski definition) is 1. The van der Waals surface area contributed by atoms with Crippen molar-refractivity contribution in [3.63, 3.8) is 0 Å². The molecule has 1 saturated carbocycles. The summed E-state index contributed by atoms with van der Waals surface area (Å²) in [5, 5.41) is 3.01. The second-order valence-corrected chi connectivity index (χ2v) is 8.89. The summed E-state index contributed by atoms with van der Waals surface area (Å²) in [6.07, 6.45) is 4.44. The minimum absolute atomic E-state index is 0.132. The molecule has 0 spiro atoms. The minimum Gasteiger partial charge on any atom is -0.345 e. The van der Waals surface area contributed by atoms with Crippen LogP contribution in [0.5, 0.6) is 0 Å². The molecule has 164 valence electrons. The van der Waals surface area contributed by atoms with Crippen molar-refractivity contribution in [3.05, 3.63) is 71.8 Å². The average molecular weight is 420 g/mol. The van der Waals surface area contributed by atoms with E-state index < -0.39 is 5.91 Å².